The number of halogens is 1. The molecule has 2 atom stereocenters. The molecule has 1 amide bonds. The van der Waals surface area contributed by atoms with Gasteiger partial charge in [0.1, 0.15) is 5.75 Å². The second kappa shape index (κ2) is 9.66. The largest absolute Gasteiger partial charge is 0.495 e. The molecule has 0 aliphatic rings. The maximum absolute atomic E-state index is 12.1. The highest BCUT2D eigenvalue weighted by atomic mass is 35.5. The molecule has 22 heavy (non-hydrogen) atoms. The molecule has 0 heterocycles. The number of anilines is 1. The molecule has 1 aromatic carbocycles. The molecule has 0 aliphatic carbocycles. The SMILES string of the molecule is CCCC(O)CNC(C)CC(=O)Nc1cc(Cl)ccc1OC. The van der Waals surface area contributed by atoms with Crippen molar-refractivity contribution < 1.29 is 14.6 Å². The van der Waals surface area contributed by atoms with Crippen LogP contribution in [0.5, 0.6) is 5.75 Å². The zero-order valence-electron chi connectivity index (χ0n) is 13.4. The molecule has 3 N–H and O–H groups in total. The quantitative estimate of drug-likeness (QED) is 0.652. The second-order valence-corrected chi connectivity index (χ2v) is 5.79. The van der Waals surface area contributed by atoms with Crippen molar-refractivity contribution in [2.45, 2.75) is 45.3 Å². The molecule has 0 saturated carbocycles. The average Bonchev–Trinajstić information content (AvgIpc) is 2.45. The average molecular weight is 329 g/mol. The Morgan fingerprint density at radius 2 is 2.18 bits per heavy atom. The van der Waals surface area contributed by atoms with Gasteiger partial charge >= 0.3 is 0 Å². The third-order valence-electron chi connectivity index (χ3n) is 3.25. The summed E-state index contributed by atoms with van der Waals surface area (Å²) in [5.41, 5.74) is 0.554. The van der Waals surface area contributed by atoms with Crippen LogP contribution < -0.4 is 15.4 Å². The maximum Gasteiger partial charge on any atom is 0.226 e. The van der Waals surface area contributed by atoms with Gasteiger partial charge in [-0.25, -0.2) is 0 Å². The van der Waals surface area contributed by atoms with Crippen LogP contribution in [-0.4, -0.2) is 36.8 Å². The Labute approximate surface area is 137 Å². The molecule has 0 saturated heterocycles. The predicted molar refractivity (Wildman–Crippen MR) is 89.6 cm³/mol. The lowest BCUT2D eigenvalue weighted by Crippen LogP contribution is -2.36. The lowest BCUT2D eigenvalue weighted by atomic mass is 10.1. The third-order valence-corrected chi connectivity index (χ3v) is 3.49. The predicted octanol–water partition coefficient (Wildman–Crippen LogP) is 2.82. The van der Waals surface area contributed by atoms with Crippen molar-refractivity contribution in [3.8, 4) is 5.75 Å². The van der Waals surface area contributed by atoms with Crippen LogP contribution in [0.15, 0.2) is 18.2 Å². The van der Waals surface area contributed by atoms with Crippen LogP contribution in [-0.2, 0) is 4.79 Å². The van der Waals surface area contributed by atoms with E-state index in [1.54, 1.807) is 18.2 Å². The molecule has 0 spiro atoms. The molecule has 6 heteroatoms. The summed E-state index contributed by atoms with van der Waals surface area (Å²) in [4.78, 5) is 12.1. The lowest BCUT2D eigenvalue weighted by molar-refractivity contribution is -0.116. The van der Waals surface area contributed by atoms with E-state index in [0.29, 0.717) is 29.4 Å². The number of methoxy groups -OCH3 is 1. The minimum absolute atomic E-state index is 0.0308. The molecule has 1 rings (SSSR count). The van der Waals surface area contributed by atoms with Crippen molar-refractivity contribution in [2.24, 2.45) is 0 Å². The van der Waals surface area contributed by atoms with Gasteiger partial charge in [0.25, 0.3) is 0 Å². The van der Waals surface area contributed by atoms with Crippen molar-refractivity contribution in [3.63, 3.8) is 0 Å². The van der Waals surface area contributed by atoms with Gasteiger partial charge in [0.2, 0.25) is 5.91 Å². The van der Waals surface area contributed by atoms with Crippen LogP contribution in [0.25, 0.3) is 0 Å². The molecule has 124 valence electrons. The Morgan fingerprint density at radius 3 is 2.82 bits per heavy atom. The summed E-state index contributed by atoms with van der Waals surface area (Å²) in [6, 6.07) is 5.04. The maximum atomic E-state index is 12.1. The van der Waals surface area contributed by atoms with Crippen LogP contribution >= 0.6 is 11.6 Å². The number of carbonyl (C=O) groups excluding carboxylic acids is 1. The van der Waals surface area contributed by atoms with Gasteiger partial charge in [-0.15, -0.1) is 0 Å². The van der Waals surface area contributed by atoms with E-state index in [0.717, 1.165) is 12.8 Å². The first-order valence-electron chi connectivity index (χ1n) is 7.51. The van der Waals surface area contributed by atoms with Gasteiger partial charge in [-0.2, -0.15) is 0 Å². The Hall–Kier alpha value is -1.30. The third kappa shape index (κ3) is 6.64. The van der Waals surface area contributed by atoms with E-state index in [-0.39, 0.29) is 18.1 Å². The fraction of sp³-hybridized carbons (Fsp3) is 0.562. The Kier molecular flexibility index (Phi) is 8.24. The van der Waals surface area contributed by atoms with Gasteiger partial charge in [-0.3, -0.25) is 4.79 Å². The van der Waals surface area contributed by atoms with E-state index < -0.39 is 0 Å². The minimum Gasteiger partial charge on any atom is -0.495 e. The van der Waals surface area contributed by atoms with Gasteiger partial charge in [0.15, 0.2) is 0 Å². The molecule has 1 aromatic rings. The first kappa shape index (κ1) is 18.7. The molecule has 0 fully saturated rings. The summed E-state index contributed by atoms with van der Waals surface area (Å²) in [6.45, 7) is 4.43. The molecule has 5 nitrogen and oxygen atoms in total. The van der Waals surface area contributed by atoms with Crippen LogP contribution in [0, 0.1) is 0 Å². The lowest BCUT2D eigenvalue weighted by Gasteiger charge is -2.17. The van der Waals surface area contributed by atoms with Crippen molar-refractivity contribution in [1.82, 2.24) is 5.32 Å². The summed E-state index contributed by atoms with van der Waals surface area (Å²) in [5, 5.41) is 16.2. The molecule has 0 bridgehead atoms. The Balaban J connectivity index is 2.47. The van der Waals surface area contributed by atoms with Gasteiger partial charge < -0.3 is 20.5 Å². The first-order valence-corrected chi connectivity index (χ1v) is 7.88. The molecule has 0 radical (unpaired) electrons. The number of hydrogen-bond acceptors (Lipinski definition) is 4. The van der Waals surface area contributed by atoms with Gasteiger partial charge in [0, 0.05) is 24.0 Å². The summed E-state index contributed by atoms with van der Waals surface area (Å²) < 4.78 is 5.19. The smallest absolute Gasteiger partial charge is 0.226 e. The van der Waals surface area contributed by atoms with Gasteiger partial charge in [0.05, 0.1) is 18.9 Å². The number of carbonyl (C=O) groups is 1. The zero-order chi connectivity index (χ0) is 16.5. The van der Waals surface area contributed by atoms with E-state index in [1.165, 1.54) is 7.11 Å². The van der Waals surface area contributed by atoms with E-state index in [9.17, 15) is 9.90 Å². The number of ether oxygens (including phenoxy) is 1. The Bertz CT molecular complexity index is 482. The van der Waals surface area contributed by atoms with Crippen molar-refractivity contribution in [3.05, 3.63) is 23.2 Å². The van der Waals surface area contributed by atoms with E-state index >= 15 is 0 Å². The van der Waals surface area contributed by atoms with Crippen LogP contribution in [0.1, 0.15) is 33.1 Å². The van der Waals surface area contributed by atoms with E-state index in [2.05, 4.69) is 10.6 Å². The summed E-state index contributed by atoms with van der Waals surface area (Å²) >= 11 is 5.93. The minimum atomic E-state index is -0.372. The van der Waals surface area contributed by atoms with Crippen molar-refractivity contribution in [2.75, 3.05) is 19.0 Å². The fourth-order valence-electron chi connectivity index (χ4n) is 2.10. The summed E-state index contributed by atoms with van der Waals surface area (Å²) in [6.07, 6.45) is 1.62. The number of amides is 1. The molecule has 2 unspecified atom stereocenters. The molecular weight excluding hydrogens is 304 g/mol. The van der Waals surface area contributed by atoms with Gasteiger partial charge in [-0.05, 0) is 31.5 Å². The monoisotopic (exact) mass is 328 g/mol. The van der Waals surface area contributed by atoms with Crippen LogP contribution in [0.4, 0.5) is 5.69 Å². The summed E-state index contributed by atoms with van der Waals surface area (Å²) in [7, 11) is 1.54. The number of aliphatic hydroxyl groups is 1. The van der Waals surface area contributed by atoms with Crippen LogP contribution in [0.3, 0.4) is 0 Å². The molecule has 0 aromatic heterocycles. The summed E-state index contributed by atoms with van der Waals surface area (Å²) in [5.74, 6) is 0.433. The zero-order valence-corrected chi connectivity index (χ0v) is 14.1. The number of hydrogen-bond donors (Lipinski definition) is 3. The first-order chi connectivity index (χ1) is 10.5. The van der Waals surface area contributed by atoms with Crippen molar-refractivity contribution >= 4 is 23.2 Å². The standard InChI is InChI=1S/C16H25ClN2O3/c1-4-5-13(20)10-18-11(2)8-16(21)19-14-9-12(17)6-7-15(14)22-3/h6-7,9,11,13,18,20H,4-5,8,10H2,1-3H3,(H,19,21). The van der Waals surface area contributed by atoms with E-state index in [4.69, 9.17) is 16.3 Å². The van der Waals surface area contributed by atoms with Gasteiger partial charge in [-0.1, -0.05) is 24.9 Å². The van der Waals surface area contributed by atoms with E-state index in [1.807, 2.05) is 13.8 Å². The van der Waals surface area contributed by atoms with Crippen molar-refractivity contribution in [1.29, 1.82) is 0 Å². The number of nitrogens with one attached hydrogen (secondary N) is 2. The highest BCUT2D eigenvalue weighted by Crippen LogP contribution is 2.27. The number of benzene rings is 1. The highest BCUT2D eigenvalue weighted by Gasteiger charge is 2.13. The fourth-order valence-corrected chi connectivity index (χ4v) is 2.27. The highest BCUT2D eigenvalue weighted by molar-refractivity contribution is 6.31. The normalized spacial score (nSPS) is 13.5. The number of rotatable bonds is 9. The van der Waals surface area contributed by atoms with Crippen LogP contribution in [0.2, 0.25) is 5.02 Å². The second-order valence-electron chi connectivity index (χ2n) is 5.35. The Morgan fingerprint density at radius 1 is 1.45 bits per heavy atom. The molecule has 0 aliphatic heterocycles. The number of aliphatic hydroxyl groups excluding tert-OH is 1. The molecular formula is C16H25ClN2O3. The topological polar surface area (TPSA) is 70.6 Å².